The number of likely N-dealkylation sites (N-methyl/N-ethyl adjacent to an activating group) is 1. The number of aliphatic hydroxyl groups is 1. The first-order chi connectivity index (χ1) is 8.76. The van der Waals surface area contributed by atoms with E-state index in [2.05, 4.69) is 5.32 Å². The van der Waals surface area contributed by atoms with Gasteiger partial charge in [0, 0.05) is 10.6 Å². The van der Waals surface area contributed by atoms with Gasteiger partial charge in [0.2, 0.25) is 5.91 Å². The first kappa shape index (κ1) is 15.8. The Kier molecular flexibility index (Phi) is 5.17. The molecule has 1 aromatic carbocycles. The van der Waals surface area contributed by atoms with Gasteiger partial charge in [0.25, 0.3) is 0 Å². The van der Waals surface area contributed by atoms with Gasteiger partial charge >= 0.3 is 0 Å². The molecule has 0 fully saturated rings. The standard InChI is InChI=1S/C13H20ClN3O2/c1-13(2,8-18)17(3)7-12(19)16-11-5-4-9(14)6-10(11)15/h4-6,18H,7-8,15H2,1-3H3,(H,16,19). The molecular weight excluding hydrogens is 266 g/mol. The Labute approximate surface area is 118 Å². The van der Waals surface area contributed by atoms with E-state index < -0.39 is 5.54 Å². The van der Waals surface area contributed by atoms with Crippen LogP contribution in [0.4, 0.5) is 11.4 Å². The van der Waals surface area contributed by atoms with Crippen LogP contribution >= 0.6 is 11.6 Å². The van der Waals surface area contributed by atoms with Crippen LogP contribution in [0.25, 0.3) is 0 Å². The Morgan fingerprint density at radius 2 is 2.16 bits per heavy atom. The molecule has 0 aliphatic carbocycles. The molecule has 0 radical (unpaired) electrons. The molecule has 0 heterocycles. The van der Waals surface area contributed by atoms with Gasteiger partial charge in [-0.1, -0.05) is 11.6 Å². The minimum atomic E-state index is -0.455. The number of aliphatic hydroxyl groups excluding tert-OH is 1. The average molecular weight is 286 g/mol. The minimum Gasteiger partial charge on any atom is -0.397 e. The van der Waals surface area contributed by atoms with Crippen LogP contribution in [0.15, 0.2) is 18.2 Å². The SMILES string of the molecule is CN(CC(=O)Nc1ccc(Cl)cc1N)C(C)(C)CO. The molecule has 6 heteroatoms. The lowest BCUT2D eigenvalue weighted by Crippen LogP contribution is -2.47. The van der Waals surface area contributed by atoms with Gasteiger partial charge in [-0.3, -0.25) is 9.69 Å². The maximum absolute atomic E-state index is 11.9. The number of anilines is 2. The topological polar surface area (TPSA) is 78.6 Å². The number of nitrogens with one attached hydrogen (secondary N) is 1. The number of halogens is 1. The number of carbonyl (C=O) groups is 1. The lowest BCUT2D eigenvalue weighted by Gasteiger charge is -2.33. The van der Waals surface area contributed by atoms with E-state index >= 15 is 0 Å². The summed E-state index contributed by atoms with van der Waals surface area (Å²) in [5.74, 6) is -0.196. The van der Waals surface area contributed by atoms with Crippen molar-refractivity contribution in [2.75, 3.05) is 31.2 Å². The molecule has 1 amide bonds. The van der Waals surface area contributed by atoms with Crippen LogP contribution in [0.1, 0.15) is 13.8 Å². The Morgan fingerprint density at radius 3 is 2.68 bits per heavy atom. The number of carbonyl (C=O) groups excluding carboxylic acids is 1. The van der Waals surface area contributed by atoms with E-state index in [1.807, 2.05) is 13.8 Å². The predicted octanol–water partition coefficient (Wildman–Crippen LogP) is 1.56. The highest BCUT2D eigenvalue weighted by Gasteiger charge is 2.24. The molecule has 0 atom stereocenters. The highest BCUT2D eigenvalue weighted by molar-refractivity contribution is 6.31. The fraction of sp³-hybridized carbons (Fsp3) is 0.462. The van der Waals surface area contributed by atoms with Gasteiger partial charge in [-0.2, -0.15) is 0 Å². The van der Waals surface area contributed by atoms with Crippen molar-refractivity contribution in [3.63, 3.8) is 0 Å². The summed E-state index contributed by atoms with van der Waals surface area (Å²) in [6.45, 7) is 3.85. The second-order valence-corrected chi connectivity index (χ2v) is 5.54. The number of amides is 1. The Balaban J connectivity index is 2.65. The largest absolute Gasteiger partial charge is 0.397 e. The van der Waals surface area contributed by atoms with Crippen LogP contribution in [0.5, 0.6) is 0 Å². The number of nitrogen functional groups attached to an aromatic ring is 1. The monoisotopic (exact) mass is 285 g/mol. The minimum absolute atomic E-state index is 0.0279. The summed E-state index contributed by atoms with van der Waals surface area (Å²) in [7, 11) is 1.78. The summed E-state index contributed by atoms with van der Waals surface area (Å²) in [5.41, 5.74) is 6.26. The molecule has 0 bridgehead atoms. The summed E-state index contributed by atoms with van der Waals surface area (Å²) >= 11 is 5.79. The fourth-order valence-electron chi connectivity index (χ4n) is 1.39. The summed E-state index contributed by atoms with van der Waals surface area (Å²) in [5, 5.41) is 12.5. The lowest BCUT2D eigenvalue weighted by atomic mass is 10.1. The van der Waals surface area contributed by atoms with Gasteiger partial charge in [0.05, 0.1) is 24.5 Å². The third-order valence-corrected chi connectivity index (χ3v) is 3.32. The van der Waals surface area contributed by atoms with Crippen molar-refractivity contribution < 1.29 is 9.90 Å². The highest BCUT2D eigenvalue weighted by atomic mass is 35.5. The summed E-state index contributed by atoms with van der Waals surface area (Å²) in [4.78, 5) is 13.7. The van der Waals surface area contributed by atoms with Crippen LogP contribution in [0.3, 0.4) is 0 Å². The van der Waals surface area contributed by atoms with Gasteiger partial charge in [-0.25, -0.2) is 0 Å². The van der Waals surface area contributed by atoms with Crippen molar-refractivity contribution in [2.45, 2.75) is 19.4 Å². The van der Waals surface area contributed by atoms with E-state index in [0.29, 0.717) is 16.4 Å². The van der Waals surface area contributed by atoms with Gasteiger partial charge in [-0.15, -0.1) is 0 Å². The molecule has 0 spiro atoms. The first-order valence-electron chi connectivity index (χ1n) is 5.93. The fourth-order valence-corrected chi connectivity index (χ4v) is 1.57. The number of nitrogens with two attached hydrogens (primary N) is 1. The Bertz CT molecular complexity index is 463. The number of hydrogen-bond donors (Lipinski definition) is 3. The maximum atomic E-state index is 11.9. The number of rotatable bonds is 5. The van der Waals surface area contributed by atoms with Crippen molar-refractivity contribution in [2.24, 2.45) is 0 Å². The second kappa shape index (κ2) is 6.23. The molecule has 1 rings (SSSR count). The normalized spacial score (nSPS) is 11.7. The Morgan fingerprint density at radius 1 is 1.53 bits per heavy atom. The molecule has 4 N–H and O–H groups in total. The summed E-state index contributed by atoms with van der Waals surface area (Å²) in [6, 6.07) is 4.90. The van der Waals surface area contributed by atoms with Gasteiger partial charge in [0.15, 0.2) is 0 Å². The molecule has 0 saturated carbocycles. The zero-order valence-electron chi connectivity index (χ0n) is 11.4. The molecule has 0 unspecified atom stereocenters. The van der Waals surface area contributed by atoms with Crippen molar-refractivity contribution in [3.05, 3.63) is 23.2 Å². The van der Waals surface area contributed by atoms with Gasteiger partial charge < -0.3 is 16.2 Å². The van der Waals surface area contributed by atoms with Crippen LogP contribution in [0.2, 0.25) is 5.02 Å². The quantitative estimate of drug-likeness (QED) is 0.718. The molecular formula is C13H20ClN3O2. The van der Waals surface area contributed by atoms with Crippen molar-refractivity contribution in [1.82, 2.24) is 4.90 Å². The molecule has 5 nitrogen and oxygen atoms in total. The molecule has 19 heavy (non-hydrogen) atoms. The van der Waals surface area contributed by atoms with E-state index in [0.717, 1.165) is 0 Å². The van der Waals surface area contributed by atoms with Crippen LogP contribution in [-0.4, -0.2) is 41.7 Å². The van der Waals surface area contributed by atoms with Crippen molar-refractivity contribution in [3.8, 4) is 0 Å². The molecule has 0 aliphatic heterocycles. The zero-order chi connectivity index (χ0) is 14.6. The van der Waals surface area contributed by atoms with Gasteiger partial charge in [-0.05, 0) is 39.1 Å². The Hall–Kier alpha value is -1.30. The summed E-state index contributed by atoms with van der Waals surface area (Å²) in [6.07, 6.45) is 0. The lowest BCUT2D eigenvalue weighted by molar-refractivity contribution is -0.118. The van der Waals surface area contributed by atoms with E-state index in [4.69, 9.17) is 17.3 Å². The third kappa shape index (κ3) is 4.38. The number of nitrogens with zero attached hydrogens (tertiary/aromatic N) is 1. The second-order valence-electron chi connectivity index (χ2n) is 5.11. The third-order valence-electron chi connectivity index (χ3n) is 3.09. The number of benzene rings is 1. The average Bonchev–Trinajstić information content (AvgIpc) is 2.32. The zero-order valence-corrected chi connectivity index (χ0v) is 12.2. The predicted molar refractivity (Wildman–Crippen MR) is 78.3 cm³/mol. The van der Waals surface area contributed by atoms with Crippen LogP contribution in [0, 0.1) is 0 Å². The summed E-state index contributed by atoms with van der Waals surface area (Å²) < 4.78 is 0. The van der Waals surface area contributed by atoms with E-state index in [1.165, 1.54) is 0 Å². The molecule has 0 aliphatic rings. The molecule has 0 aromatic heterocycles. The smallest absolute Gasteiger partial charge is 0.238 e. The number of hydrogen-bond acceptors (Lipinski definition) is 4. The van der Waals surface area contributed by atoms with Crippen LogP contribution < -0.4 is 11.1 Å². The van der Waals surface area contributed by atoms with Crippen molar-refractivity contribution in [1.29, 1.82) is 0 Å². The van der Waals surface area contributed by atoms with Crippen LogP contribution in [-0.2, 0) is 4.79 Å². The maximum Gasteiger partial charge on any atom is 0.238 e. The van der Waals surface area contributed by atoms with E-state index in [9.17, 15) is 9.90 Å². The highest BCUT2D eigenvalue weighted by Crippen LogP contribution is 2.22. The molecule has 1 aromatic rings. The first-order valence-corrected chi connectivity index (χ1v) is 6.31. The van der Waals surface area contributed by atoms with E-state index in [-0.39, 0.29) is 19.1 Å². The van der Waals surface area contributed by atoms with E-state index in [1.54, 1.807) is 30.1 Å². The molecule has 0 saturated heterocycles. The molecule has 106 valence electrons. The van der Waals surface area contributed by atoms with Gasteiger partial charge in [0.1, 0.15) is 0 Å². The van der Waals surface area contributed by atoms with Crippen molar-refractivity contribution >= 4 is 28.9 Å².